The van der Waals surface area contributed by atoms with Crippen molar-refractivity contribution < 1.29 is 9.64 Å². The standard InChI is InChI=1S/C7H14ClNO/c8-2-1-3-9-4-6-10-7-5-9/h1-7H2/p+1. The van der Waals surface area contributed by atoms with Crippen LogP contribution >= 0.6 is 11.6 Å². The lowest BCUT2D eigenvalue weighted by molar-refractivity contribution is -0.908. The van der Waals surface area contributed by atoms with Crippen LogP contribution in [-0.2, 0) is 4.74 Å². The largest absolute Gasteiger partial charge is 0.370 e. The predicted octanol–water partition coefficient (Wildman–Crippen LogP) is -0.470. The summed E-state index contributed by atoms with van der Waals surface area (Å²) in [6.07, 6.45) is 1.14. The quantitative estimate of drug-likeness (QED) is 0.557. The molecule has 0 bridgehead atoms. The fraction of sp³-hybridized carbons (Fsp3) is 1.00. The van der Waals surface area contributed by atoms with Crippen molar-refractivity contribution in [2.24, 2.45) is 0 Å². The summed E-state index contributed by atoms with van der Waals surface area (Å²) in [6.45, 7) is 5.40. The van der Waals surface area contributed by atoms with Gasteiger partial charge in [-0.3, -0.25) is 0 Å². The molecule has 1 N–H and O–H groups in total. The molecule has 0 aromatic carbocycles. The molecule has 10 heavy (non-hydrogen) atoms. The van der Waals surface area contributed by atoms with Crippen molar-refractivity contribution >= 4 is 11.6 Å². The third-order valence-electron chi connectivity index (χ3n) is 1.86. The predicted molar refractivity (Wildman–Crippen MR) is 41.7 cm³/mol. The van der Waals surface area contributed by atoms with Gasteiger partial charge in [-0.2, -0.15) is 0 Å². The lowest BCUT2D eigenvalue weighted by atomic mass is 10.4. The maximum Gasteiger partial charge on any atom is 0.101 e. The van der Waals surface area contributed by atoms with Gasteiger partial charge in [-0.1, -0.05) is 0 Å². The molecule has 0 amide bonds. The molecule has 0 aliphatic carbocycles. The minimum absolute atomic E-state index is 0.796. The Kier molecular flexibility index (Phi) is 4.10. The number of alkyl halides is 1. The molecular weight excluding hydrogens is 150 g/mol. The molecule has 60 valence electrons. The highest BCUT2D eigenvalue weighted by atomic mass is 35.5. The Bertz CT molecular complexity index is 83.7. The summed E-state index contributed by atoms with van der Waals surface area (Å²) in [7, 11) is 0. The highest BCUT2D eigenvalue weighted by molar-refractivity contribution is 6.17. The molecule has 0 aromatic heterocycles. The summed E-state index contributed by atoms with van der Waals surface area (Å²) in [5.41, 5.74) is 0. The summed E-state index contributed by atoms with van der Waals surface area (Å²) in [5.74, 6) is 0.796. The minimum atomic E-state index is 0.796. The van der Waals surface area contributed by atoms with E-state index in [1.165, 1.54) is 6.54 Å². The zero-order chi connectivity index (χ0) is 7.23. The molecule has 1 saturated heterocycles. The van der Waals surface area contributed by atoms with E-state index in [9.17, 15) is 0 Å². The van der Waals surface area contributed by atoms with E-state index < -0.39 is 0 Å². The molecule has 1 fully saturated rings. The number of rotatable bonds is 3. The zero-order valence-electron chi connectivity index (χ0n) is 6.24. The van der Waals surface area contributed by atoms with Crippen LogP contribution in [0.25, 0.3) is 0 Å². The second kappa shape index (κ2) is 4.94. The van der Waals surface area contributed by atoms with Crippen molar-refractivity contribution in [3.05, 3.63) is 0 Å². The van der Waals surface area contributed by atoms with Gasteiger partial charge in [0.2, 0.25) is 0 Å². The lowest BCUT2D eigenvalue weighted by Gasteiger charge is -2.23. The van der Waals surface area contributed by atoms with Crippen LogP contribution in [0.3, 0.4) is 0 Å². The number of hydrogen-bond acceptors (Lipinski definition) is 1. The van der Waals surface area contributed by atoms with Gasteiger partial charge in [-0.15, -0.1) is 11.6 Å². The Morgan fingerprint density at radius 3 is 2.60 bits per heavy atom. The molecule has 1 aliphatic rings. The van der Waals surface area contributed by atoms with E-state index in [-0.39, 0.29) is 0 Å². The van der Waals surface area contributed by atoms with Crippen LogP contribution in [0.2, 0.25) is 0 Å². The molecular formula is C7H15ClNO+. The second-order valence-corrected chi connectivity index (χ2v) is 3.03. The van der Waals surface area contributed by atoms with Crippen molar-refractivity contribution in [2.75, 3.05) is 38.7 Å². The maximum absolute atomic E-state index is 5.58. The van der Waals surface area contributed by atoms with E-state index in [0.29, 0.717) is 0 Å². The van der Waals surface area contributed by atoms with E-state index in [2.05, 4.69) is 0 Å². The van der Waals surface area contributed by atoms with Crippen LogP contribution in [0.1, 0.15) is 6.42 Å². The number of quaternary nitrogens is 1. The molecule has 1 rings (SSSR count). The minimum Gasteiger partial charge on any atom is -0.370 e. The highest BCUT2D eigenvalue weighted by Gasteiger charge is 2.11. The summed E-state index contributed by atoms with van der Waals surface area (Å²) in [6, 6.07) is 0. The molecule has 0 unspecified atom stereocenters. The average Bonchev–Trinajstić information content (AvgIpc) is 2.03. The van der Waals surface area contributed by atoms with Crippen molar-refractivity contribution in [3.8, 4) is 0 Å². The molecule has 1 heterocycles. The Labute approximate surface area is 67.1 Å². The van der Waals surface area contributed by atoms with Crippen molar-refractivity contribution in [1.82, 2.24) is 0 Å². The molecule has 0 spiro atoms. The van der Waals surface area contributed by atoms with Gasteiger partial charge < -0.3 is 9.64 Å². The van der Waals surface area contributed by atoms with E-state index in [1.807, 2.05) is 0 Å². The Hall–Kier alpha value is 0.210. The SMILES string of the molecule is ClCCC[NH+]1CCOCC1. The number of morpholine rings is 1. The van der Waals surface area contributed by atoms with Crippen molar-refractivity contribution in [2.45, 2.75) is 6.42 Å². The molecule has 0 saturated carbocycles. The zero-order valence-corrected chi connectivity index (χ0v) is 6.99. The summed E-state index contributed by atoms with van der Waals surface area (Å²) >= 11 is 5.58. The van der Waals surface area contributed by atoms with Crippen LogP contribution in [0.5, 0.6) is 0 Å². The normalized spacial score (nSPS) is 21.3. The average molecular weight is 165 g/mol. The smallest absolute Gasteiger partial charge is 0.101 e. The van der Waals surface area contributed by atoms with Crippen LogP contribution in [0, 0.1) is 0 Å². The van der Waals surface area contributed by atoms with E-state index in [0.717, 1.165) is 38.6 Å². The van der Waals surface area contributed by atoms with E-state index in [4.69, 9.17) is 16.3 Å². The van der Waals surface area contributed by atoms with Gasteiger partial charge in [0, 0.05) is 12.3 Å². The van der Waals surface area contributed by atoms with Gasteiger partial charge in [-0.25, -0.2) is 0 Å². The van der Waals surface area contributed by atoms with Gasteiger partial charge in [-0.05, 0) is 0 Å². The third kappa shape index (κ3) is 2.86. The third-order valence-corrected chi connectivity index (χ3v) is 2.13. The Morgan fingerprint density at radius 1 is 1.30 bits per heavy atom. The molecule has 2 nitrogen and oxygen atoms in total. The van der Waals surface area contributed by atoms with Crippen LogP contribution < -0.4 is 4.90 Å². The van der Waals surface area contributed by atoms with Crippen molar-refractivity contribution in [1.29, 1.82) is 0 Å². The van der Waals surface area contributed by atoms with Crippen molar-refractivity contribution in [3.63, 3.8) is 0 Å². The number of ether oxygens (including phenoxy) is 1. The summed E-state index contributed by atoms with van der Waals surface area (Å²) in [5, 5.41) is 0. The van der Waals surface area contributed by atoms with Gasteiger partial charge in [0.1, 0.15) is 13.1 Å². The second-order valence-electron chi connectivity index (χ2n) is 2.65. The Balaban J connectivity index is 2.02. The maximum atomic E-state index is 5.58. The van der Waals surface area contributed by atoms with Crippen LogP contribution in [0.4, 0.5) is 0 Å². The first-order valence-electron chi connectivity index (χ1n) is 3.91. The highest BCUT2D eigenvalue weighted by Crippen LogP contribution is 1.80. The topological polar surface area (TPSA) is 13.7 Å². The first kappa shape index (κ1) is 8.31. The number of halogens is 1. The molecule has 0 radical (unpaired) electrons. The fourth-order valence-electron chi connectivity index (χ4n) is 1.23. The fourth-order valence-corrected chi connectivity index (χ4v) is 1.36. The van der Waals surface area contributed by atoms with Crippen LogP contribution in [-0.4, -0.2) is 38.7 Å². The Morgan fingerprint density at radius 2 is 2.00 bits per heavy atom. The number of nitrogens with one attached hydrogen (secondary N) is 1. The first-order chi connectivity index (χ1) is 4.93. The van der Waals surface area contributed by atoms with Gasteiger partial charge >= 0.3 is 0 Å². The van der Waals surface area contributed by atoms with Crippen LogP contribution in [0.15, 0.2) is 0 Å². The van der Waals surface area contributed by atoms with Gasteiger partial charge in [0.15, 0.2) is 0 Å². The number of hydrogen-bond donors (Lipinski definition) is 1. The summed E-state index contributed by atoms with van der Waals surface area (Å²) < 4.78 is 5.23. The molecule has 0 atom stereocenters. The molecule has 0 aromatic rings. The molecule has 3 heteroatoms. The molecule has 1 aliphatic heterocycles. The first-order valence-corrected chi connectivity index (χ1v) is 4.44. The van der Waals surface area contributed by atoms with Gasteiger partial charge in [0.05, 0.1) is 19.8 Å². The van der Waals surface area contributed by atoms with E-state index >= 15 is 0 Å². The monoisotopic (exact) mass is 164 g/mol. The summed E-state index contributed by atoms with van der Waals surface area (Å²) in [4.78, 5) is 1.65. The van der Waals surface area contributed by atoms with E-state index in [1.54, 1.807) is 4.90 Å². The van der Waals surface area contributed by atoms with Gasteiger partial charge in [0.25, 0.3) is 0 Å². The lowest BCUT2D eigenvalue weighted by Crippen LogP contribution is -3.14.